The van der Waals surface area contributed by atoms with Crippen molar-refractivity contribution in [3.63, 3.8) is 0 Å². The third-order valence-electron chi connectivity index (χ3n) is 8.44. The van der Waals surface area contributed by atoms with Crippen LogP contribution in [-0.2, 0) is 19.1 Å². The first-order valence-electron chi connectivity index (χ1n) is 14.8. The summed E-state index contributed by atoms with van der Waals surface area (Å²) in [7, 11) is 0. The van der Waals surface area contributed by atoms with Crippen molar-refractivity contribution in [1.82, 2.24) is 0 Å². The summed E-state index contributed by atoms with van der Waals surface area (Å²) in [5, 5.41) is 0. The van der Waals surface area contributed by atoms with Crippen LogP contribution in [-0.4, -0.2) is 24.1 Å². The van der Waals surface area contributed by atoms with Gasteiger partial charge >= 0.3 is 11.9 Å². The Morgan fingerprint density at radius 1 is 0.588 bits per heavy atom. The van der Waals surface area contributed by atoms with E-state index < -0.39 is 0 Å². The van der Waals surface area contributed by atoms with Crippen LogP contribution in [0.15, 0.2) is 0 Å². The van der Waals surface area contributed by atoms with E-state index in [-0.39, 0.29) is 36.0 Å². The van der Waals surface area contributed by atoms with Gasteiger partial charge in [-0.1, -0.05) is 52.4 Å². The van der Waals surface area contributed by atoms with Crippen molar-refractivity contribution in [2.24, 2.45) is 23.7 Å². The molecule has 0 aromatic rings. The Balaban J connectivity index is 1.61. The summed E-state index contributed by atoms with van der Waals surface area (Å²) in [5.74, 6) is 1.70. The van der Waals surface area contributed by atoms with Gasteiger partial charge in [0.25, 0.3) is 0 Å². The van der Waals surface area contributed by atoms with Crippen molar-refractivity contribution in [1.29, 1.82) is 0 Å². The number of carbonyl (C=O) groups excluding carboxylic acids is 2. The van der Waals surface area contributed by atoms with Crippen LogP contribution in [0, 0.1) is 23.7 Å². The van der Waals surface area contributed by atoms with Gasteiger partial charge in [-0.15, -0.1) is 0 Å². The standard InChI is InChI=1S/C30H54O4/c1-5-7-9-11-13-23(3)33-29(31)27-19-15-25(16-20-27)26-17-21-28(22-18-26)30(32)34-24(4)14-12-10-8-6-2/h23-28H,5-22H2,1-4H3. The smallest absolute Gasteiger partial charge is 0.309 e. The largest absolute Gasteiger partial charge is 0.462 e. The second-order valence-electron chi connectivity index (χ2n) is 11.4. The van der Waals surface area contributed by atoms with Gasteiger partial charge in [-0.3, -0.25) is 9.59 Å². The Kier molecular flexibility index (Phi) is 14.2. The van der Waals surface area contributed by atoms with Gasteiger partial charge < -0.3 is 9.47 Å². The van der Waals surface area contributed by atoms with Crippen LogP contribution in [0.3, 0.4) is 0 Å². The van der Waals surface area contributed by atoms with Gasteiger partial charge in [0.05, 0.1) is 24.0 Å². The van der Waals surface area contributed by atoms with Crippen molar-refractivity contribution in [2.45, 2.75) is 155 Å². The van der Waals surface area contributed by atoms with E-state index in [1.807, 2.05) is 13.8 Å². The molecule has 0 aromatic heterocycles. The third kappa shape index (κ3) is 10.7. The molecule has 2 aliphatic rings. The molecule has 0 radical (unpaired) electrons. The molecule has 2 aliphatic carbocycles. The molecule has 0 amide bonds. The maximum Gasteiger partial charge on any atom is 0.309 e. The first-order chi connectivity index (χ1) is 16.4. The Bertz CT molecular complexity index is 508. The second kappa shape index (κ2) is 16.6. The second-order valence-corrected chi connectivity index (χ2v) is 11.4. The summed E-state index contributed by atoms with van der Waals surface area (Å²) in [4.78, 5) is 25.2. The third-order valence-corrected chi connectivity index (χ3v) is 8.44. The Labute approximate surface area is 210 Å². The number of hydrogen-bond acceptors (Lipinski definition) is 4. The summed E-state index contributed by atoms with van der Waals surface area (Å²) in [6.45, 7) is 8.53. The predicted octanol–water partition coefficient (Wildman–Crippen LogP) is 8.40. The molecule has 0 bridgehead atoms. The van der Waals surface area contributed by atoms with Gasteiger partial charge in [0.2, 0.25) is 0 Å². The molecule has 0 aliphatic heterocycles. The number of rotatable bonds is 15. The molecule has 2 atom stereocenters. The maximum absolute atomic E-state index is 12.6. The van der Waals surface area contributed by atoms with Gasteiger partial charge in [0, 0.05) is 0 Å². The SMILES string of the molecule is CCCCCCC(C)OC(=O)C1CCC(C2CCC(C(=O)OC(C)CCCCCC)CC2)CC1. The van der Waals surface area contributed by atoms with E-state index in [9.17, 15) is 9.59 Å². The van der Waals surface area contributed by atoms with Gasteiger partial charge in [0.1, 0.15) is 0 Å². The Morgan fingerprint density at radius 3 is 1.26 bits per heavy atom. The topological polar surface area (TPSA) is 52.6 Å². The summed E-state index contributed by atoms with van der Waals surface area (Å²) in [5.41, 5.74) is 0. The molecule has 0 aromatic carbocycles. The molecule has 4 heteroatoms. The van der Waals surface area contributed by atoms with Crippen LogP contribution in [0.5, 0.6) is 0 Å². The molecule has 2 saturated carbocycles. The summed E-state index contributed by atoms with van der Waals surface area (Å²) >= 11 is 0. The minimum atomic E-state index is 0.0386. The van der Waals surface area contributed by atoms with E-state index in [0.717, 1.165) is 77.0 Å². The Morgan fingerprint density at radius 2 is 0.941 bits per heavy atom. The minimum Gasteiger partial charge on any atom is -0.462 e. The van der Waals surface area contributed by atoms with Crippen molar-refractivity contribution in [3.05, 3.63) is 0 Å². The lowest BCUT2D eigenvalue weighted by molar-refractivity contribution is -0.157. The first kappa shape index (κ1) is 29.2. The molecular weight excluding hydrogens is 424 g/mol. The van der Waals surface area contributed by atoms with Crippen molar-refractivity contribution in [2.75, 3.05) is 0 Å². The number of hydrogen-bond donors (Lipinski definition) is 0. The molecule has 34 heavy (non-hydrogen) atoms. The number of esters is 2. The maximum atomic E-state index is 12.6. The number of carbonyl (C=O) groups is 2. The van der Waals surface area contributed by atoms with Gasteiger partial charge in [-0.25, -0.2) is 0 Å². The molecule has 4 nitrogen and oxygen atoms in total. The van der Waals surface area contributed by atoms with E-state index in [4.69, 9.17) is 9.47 Å². The lowest BCUT2D eigenvalue weighted by Crippen LogP contribution is -2.32. The average Bonchev–Trinajstić information content (AvgIpc) is 2.84. The highest BCUT2D eigenvalue weighted by Gasteiger charge is 2.35. The quantitative estimate of drug-likeness (QED) is 0.175. The number of ether oxygens (including phenoxy) is 2. The predicted molar refractivity (Wildman–Crippen MR) is 140 cm³/mol. The summed E-state index contributed by atoms with van der Waals surface area (Å²) in [6, 6.07) is 0. The first-order valence-corrected chi connectivity index (χ1v) is 14.8. The van der Waals surface area contributed by atoms with E-state index in [0.29, 0.717) is 11.8 Å². The average molecular weight is 479 g/mol. The summed E-state index contributed by atoms with van der Waals surface area (Å²) in [6.07, 6.45) is 20.3. The van der Waals surface area contributed by atoms with E-state index in [1.165, 1.54) is 38.5 Å². The van der Waals surface area contributed by atoms with Gasteiger partial charge in [0.15, 0.2) is 0 Å². The molecule has 198 valence electrons. The normalized spacial score (nSPS) is 27.1. The highest BCUT2D eigenvalue weighted by Crippen LogP contribution is 2.42. The van der Waals surface area contributed by atoms with Crippen LogP contribution in [0.2, 0.25) is 0 Å². The van der Waals surface area contributed by atoms with Crippen molar-refractivity contribution in [3.8, 4) is 0 Å². The molecular formula is C30H54O4. The fourth-order valence-electron chi connectivity index (χ4n) is 6.08. The fourth-order valence-corrected chi connectivity index (χ4v) is 6.08. The highest BCUT2D eigenvalue weighted by molar-refractivity contribution is 5.73. The lowest BCUT2D eigenvalue weighted by atomic mass is 9.69. The zero-order chi connectivity index (χ0) is 24.8. The van der Waals surface area contributed by atoms with Crippen molar-refractivity contribution >= 4 is 11.9 Å². The van der Waals surface area contributed by atoms with E-state index in [2.05, 4.69) is 13.8 Å². The van der Waals surface area contributed by atoms with Gasteiger partial charge in [-0.05, 0) is 103 Å². The molecule has 2 unspecified atom stereocenters. The lowest BCUT2D eigenvalue weighted by Gasteiger charge is -2.37. The highest BCUT2D eigenvalue weighted by atomic mass is 16.5. The molecule has 2 rings (SSSR count). The van der Waals surface area contributed by atoms with Crippen LogP contribution >= 0.6 is 0 Å². The van der Waals surface area contributed by atoms with E-state index >= 15 is 0 Å². The molecule has 2 fully saturated rings. The van der Waals surface area contributed by atoms with E-state index in [1.54, 1.807) is 0 Å². The van der Waals surface area contributed by atoms with Crippen LogP contribution in [0.1, 0.15) is 143 Å². The van der Waals surface area contributed by atoms with Crippen LogP contribution in [0.4, 0.5) is 0 Å². The summed E-state index contributed by atoms with van der Waals surface area (Å²) < 4.78 is 11.5. The Hall–Kier alpha value is -1.06. The number of unbranched alkanes of at least 4 members (excludes halogenated alkanes) is 6. The van der Waals surface area contributed by atoms with Gasteiger partial charge in [-0.2, -0.15) is 0 Å². The molecule has 0 N–H and O–H groups in total. The zero-order valence-corrected chi connectivity index (χ0v) is 22.8. The fraction of sp³-hybridized carbons (Fsp3) is 0.933. The molecule has 0 saturated heterocycles. The minimum absolute atomic E-state index is 0.0386. The molecule has 0 spiro atoms. The molecule has 0 heterocycles. The van der Waals surface area contributed by atoms with Crippen LogP contribution < -0.4 is 0 Å². The van der Waals surface area contributed by atoms with Crippen molar-refractivity contribution < 1.29 is 19.1 Å². The van der Waals surface area contributed by atoms with Crippen LogP contribution in [0.25, 0.3) is 0 Å². The monoisotopic (exact) mass is 478 g/mol. The zero-order valence-electron chi connectivity index (χ0n) is 22.8.